The van der Waals surface area contributed by atoms with E-state index in [4.69, 9.17) is 20.4 Å². The molecule has 0 bridgehead atoms. The molecule has 0 aromatic rings. The molecule has 1 aliphatic carbocycles. The summed E-state index contributed by atoms with van der Waals surface area (Å²) < 4.78 is 0. The van der Waals surface area contributed by atoms with E-state index in [2.05, 4.69) is 6.42 Å². The maximum absolute atomic E-state index is 8.35. The maximum atomic E-state index is 8.35. The number of isocyanates is 2. The third kappa shape index (κ3) is 36.4. The molecule has 0 aromatic heterocycles. The summed E-state index contributed by atoms with van der Waals surface area (Å²) in [5.74, 6) is 0. The van der Waals surface area contributed by atoms with Gasteiger partial charge >= 0.3 is 0 Å². The zero-order valence-electron chi connectivity index (χ0n) is 11.2. The van der Waals surface area contributed by atoms with E-state index in [1.165, 1.54) is 57.8 Å². The van der Waals surface area contributed by atoms with E-state index in [-0.39, 0.29) is 14.9 Å². The maximum Gasteiger partial charge on any atom is 0.231 e. The van der Waals surface area contributed by atoms with Gasteiger partial charge in [0.15, 0.2) is 0 Å². The van der Waals surface area contributed by atoms with Crippen molar-refractivity contribution in [3.05, 3.63) is 21.3 Å². The van der Waals surface area contributed by atoms with Crippen LogP contribution in [0.5, 0.6) is 0 Å². The molecule has 1 rings (SSSR count). The van der Waals surface area contributed by atoms with Crippen LogP contribution < -0.4 is 0 Å². The molecule has 1 saturated carbocycles. The third-order valence-electron chi connectivity index (χ3n) is 2.32. The smallest absolute Gasteiger partial charge is 0.222 e. The highest BCUT2D eigenvalue weighted by Gasteiger charge is 1.96. The molecule has 0 heterocycles. The average Bonchev–Trinajstić information content (AvgIpc) is 2.29. The Hall–Kier alpha value is -1.24. The fraction of sp³-hybridized carbons (Fsp3) is 0.643. The first-order valence-corrected chi connectivity index (χ1v) is 5.72. The number of nitrogens with one attached hydrogen (secondary N) is 2. The Balaban J connectivity index is -0.000000106. The van der Waals surface area contributed by atoms with Crippen LogP contribution in [-0.2, 0) is 9.59 Å². The molecule has 1 fully saturated rings. The van der Waals surface area contributed by atoms with Gasteiger partial charge in [-0.1, -0.05) is 72.6 Å². The van der Waals surface area contributed by atoms with Gasteiger partial charge in [-0.3, -0.25) is 0 Å². The van der Waals surface area contributed by atoms with Crippen molar-refractivity contribution in [1.29, 1.82) is 10.8 Å². The first-order chi connectivity index (χ1) is 7.83. The molecule has 18 heavy (non-hydrogen) atoms. The lowest BCUT2D eigenvalue weighted by atomic mass is 10.0. The van der Waals surface area contributed by atoms with Gasteiger partial charge in [-0.2, -0.15) is 0 Å². The van der Waals surface area contributed by atoms with Crippen LogP contribution in [0.2, 0.25) is 0 Å². The normalized spacial score (nSPS) is 14.2. The number of rotatable bonds is 0. The standard InChI is InChI=1S/C10H19.2CHNO.2CH2/c1-2-4-6-8-10-9-7-5-3-1;2*2-1-3;;/h1H,2-10H2;2*2H;2*1H2. The van der Waals surface area contributed by atoms with E-state index in [0.717, 1.165) is 12.2 Å². The fourth-order valence-electron chi connectivity index (χ4n) is 1.61. The van der Waals surface area contributed by atoms with Crippen molar-refractivity contribution in [2.75, 3.05) is 0 Å². The van der Waals surface area contributed by atoms with Crippen molar-refractivity contribution >= 4 is 12.2 Å². The minimum Gasteiger partial charge on any atom is -0.222 e. The second kappa shape index (κ2) is 29.7. The Bertz CT molecular complexity index is 149. The molecule has 0 saturated heterocycles. The molecule has 2 N–H and O–H groups in total. The second-order valence-electron chi connectivity index (χ2n) is 3.55. The molecule has 0 amide bonds. The first kappa shape index (κ1) is 25.6. The SMILES string of the molecule is N=C=O.N=C=O.[CH2].[CH2].[CH]1CCCCCCCCC1. The molecule has 0 unspecified atom stereocenters. The highest BCUT2D eigenvalue weighted by molar-refractivity contribution is 5.26. The molecule has 4 nitrogen and oxygen atoms in total. The van der Waals surface area contributed by atoms with Gasteiger partial charge < -0.3 is 0 Å². The van der Waals surface area contributed by atoms with Crippen LogP contribution in [0.25, 0.3) is 0 Å². The number of hydrogen-bond acceptors (Lipinski definition) is 4. The zero-order chi connectivity index (χ0) is 12.5. The quantitative estimate of drug-likeness (QED) is 0.501. The zero-order valence-corrected chi connectivity index (χ0v) is 11.2. The Kier molecular flexibility index (Phi) is 42.1. The van der Waals surface area contributed by atoms with Crippen LogP contribution in [0.4, 0.5) is 0 Å². The molecule has 0 aliphatic heterocycles. The number of hydrogen-bond donors (Lipinski definition) is 2. The van der Waals surface area contributed by atoms with Crippen LogP contribution in [0.15, 0.2) is 0 Å². The topological polar surface area (TPSA) is 81.8 Å². The summed E-state index contributed by atoms with van der Waals surface area (Å²) >= 11 is 0. The lowest BCUT2D eigenvalue weighted by molar-refractivity contribution is 0.548. The summed E-state index contributed by atoms with van der Waals surface area (Å²) in [6, 6.07) is 0. The van der Waals surface area contributed by atoms with E-state index < -0.39 is 0 Å². The molecular weight excluding hydrogens is 228 g/mol. The van der Waals surface area contributed by atoms with Gasteiger partial charge in [-0.05, 0) is 6.42 Å². The van der Waals surface area contributed by atoms with Crippen LogP contribution in [0.3, 0.4) is 0 Å². The molecule has 0 atom stereocenters. The Morgan fingerprint density at radius 1 is 0.667 bits per heavy atom. The van der Waals surface area contributed by atoms with E-state index >= 15 is 0 Å². The summed E-state index contributed by atoms with van der Waals surface area (Å²) in [5.41, 5.74) is 0. The minimum atomic E-state index is 0. The second-order valence-corrected chi connectivity index (χ2v) is 3.55. The van der Waals surface area contributed by atoms with E-state index in [1.54, 1.807) is 0 Å². The van der Waals surface area contributed by atoms with Crippen LogP contribution in [0, 0.1) is 32.1 Å². The van der Waals surface area contributed by atoms with Gasteiger partial charge in [0, 0.05) is 0 Å². The molecule has 0 aromatic carbocycles. The van der Waals surface area contributed by atoms with Crippen LogP contribution >= 0.6 is 0 Å². The van der Waals surface area contributed by atoms with Crippen molar-refractivity contribution < 1.29 is 9.59 Å². The molecule has 4 heteroatoms. The predicted octanol–water partition coefficient (Wildman–Crippen LogP) is 4.17. The molecule has 5 radical (unpaired) electrons. The van der Waals surface area contributed by atoms with Crippen molar-refractivity contribution in [1.82, 2.24) is 0 Å². The summed E-state index contributed by atoms with van der Waals surface area (Å²) in [6.45, 7) is 0. The summed E-state index contributed by atoms with van der Waals surface area (Å²) in [5, 5.41) is 10.8. The summed E-state index contributed by atoms with van der Waals surface area (Å²) in [7, 11) is 0. The van der Waals surface area contributed by atoms with Gasteiger partial charge in [0.25, 0.3) is 0 Å². The highest BCUT2D eigenvalue weighted by Crippen LogP contribution is 2.15. The average molecular weight is 253 g/mol. The van der Waals surface area contributed by atoms with Gasteiger partial charge in [0.2, 0.25) is 12.2 Å². The van der Waals surface area contributed by atoms with Crippen LogP contribution in [-0.4, -0.2) is 12.2 Å². The molecule has 0 spiro atoms. The van der Waals surface area contributed by atoms with Gasteiger partial charge in [-0.15, -0.1) is 0 Å². The largest absolute Gasteiger partial charge is 0.231 e. The lowest BCUT2D eigenvalue weighted by Crippen LogP contribution is -1.86. The third-order valence-corrected chi connectivity index (χ3v) is 2.32. The van der Waals surface area contributed by atoms with Gasteiger partial charge in [-0.25, -0.2) is 20.4 Å². The van der Waals surface area contributed by atoms with E-state index in [1.807, 2.05) is 0 Å². The highest BCUT2D eigenvalue weighted by atomic mass is 16.1. The summed E-state index contributed by atoms with van der Waals surface area (Å²) in [6.07, 6.45) is 17.0. The summed E-state index contributed by atoms with van der Waals surface area (Å²) in [4.78, 5) is 16.7. The molecule has 103 valence electrons. The predicted molar refractivity (Wildman–Crippen MR) is 73.4 cm³/mol. The van der Waals surface area contributed by atoms with Gasteiger partial charge in [0.1, 0.15) is 0 Å². The Labute approximate surface area is 112 Å². The van der Waals surface area contributed by atoms with Crippen molar-refractivity contribution in [3.8, 4) is 0 Å². The van der Waals surface area contributed by atoms with Gasteiger partial charge in [0.05, 0.1) is 0 Å². The van der Waals surface area contributed by atoms with Crippen molar-refractivity contribution in [2.45, 2.75) is 57.8 Å². The van der Waals surface area contributed by atoms with Crippen molar-refractivity contribution in [3.63, 3.8) is 0 Å². The van der Waals surface area contributed by atoms with Crippen LogP contribution in [0.1, 0.15) is 57.8 Å². The molecule has 1 aliphatic rings. The van der Waals surface area contributed by atoms with E-state index in [0.29, 0.717) is 0 Å². The minimum absolute atomic E-state index is 0. The Morgan fingerprint density at radius 2 is 0.889 bits per heavy atom. The molecular formula is C14H25N2O2. The Morgan fingerprint density at radius 3 is 1.17 bits per heavy atom. The lowest BCUT2D eigenvalue weighted by Gasteiger charge is -2.05. The van der Waals surface area contributed by atoms with Crippen molar-refractivity contribution in [2.24, 2.45) is 0 Å². The number of carbonyl (C=O) groups excluding carboxylic acids is 2. The fourth-order valence-corrected chi connectivity index (χ4v) is 1.61. The monoisotopic (exact) mass is 253 g/mol. The van der Waals surface area contributed by atoms with E-state index in [9.17, 15) is 0 Å². The first-order valence-electron chi connectivity index (χ1n) is 5.72.